The van der Waals surface area contributed by atoms with Crippen LogP contribution in [0.4, 0.5) is 0 Å². The smallest absolute Gasteiger partial charge is 0.0745 e. The lowest BCUT2D eigenvalue weighted by Crippen LogP contribution is -1.89. The maximum Gasteiger partial charge on any atom is 0.0745 e. The molecule has 0 amide bonds. The zero-order valence-electron chi connectivity index (χ0n) is 6.86. The lowest BCUT2D eigenvalue weighted by Gasteiger charge is -1.98. The minimum Gasteiger partial charge on any atom is -0.392 e. The molecular weight excluding hydrogens is 152 g/mol. The van der Waals surface area contributed by atoms with Crippen LogP contribution in [0.3, 0.4) is 0 Å². The SMILES string of the molecule is Cc1cccn2ncc(CO)c12. The molecule has 0 aliphatic heterocycles. The van der Waals surface area contributed by atoms with E-state index in [2.05, 4.69) is 5.10 Å². The van der Waals surface area contributed by atoms with Crippen molar-refractivity contribution in [3.05, 3.63) is 35.7 Å². The lowest BCUT2D eigenvalue weighted by molar-refractivity contribution is 0.283. The second-order valence-corrected chi connectivity index (χ2v) is 2.81. The number of hydrogen-bond acceptors (Lipinski definition) is 2. The molecule has 0 unspecified atom stereocenters. The summed E-state index contributed by atoms with van der Waals surface area (Å²) in [4.78, 5) is 0. The number of aliphatic hydroxyl groups is 1. The maximum atomic E-state index is 9.00. The topological polar surface area (TPSA) is 37.5 Å². The van der Waals surface area contributed by atoms with Gasteiger partial charge in [0, 0.05) is 11.8 Å². The summed E-state index contributed by atoms with van der Waals surface area (Å²) in [5.74, 6) is 0. The Hall–Kier alpha value is -1.35. The average molecular weight is 162 g/mol. The molecule has 0 aromatic carbocycles. The van der Waals surface area contributed by atoms with Crippen molar-refractivity contribution in [2.24, 2.45) is 0 Å². The van der Waals surface area contributed by atoms with Crippen molar-refractivity contribution in [1.29, 1.82) is 0 Å². The van der Waals surface area contributed by atoms with Crippen LogP contribution in [-0.4, -0.2) is 14.7 Å². The Balaban J connectivity index is 2.83. The van der Waals surface area contributed by atoms with E-state index in [0.717, 1.165) is 16.6 Å². The van der Waals surface area contributed by atoms with E-state index >= 15 is 0 Å². The van der Waals surface area contributed by atoms with Crippen molar-refractivity contribution < 1.29 is 5.11 Å². The van der Waals surface area contributed by atoms with Gasteiger partial charge in [-0.1, -0.05) is 6.07 Å². The van der Waals surface area contributed by atoms with Crippen LogP contribution in [-0.2, 0) is 6.61 Å². The minimum atomic E-state index is 0.0500. The molecule has 0 radical (unpaired) electrons. The van der Waals surface area contributed by atoms with E-state index in [1.165, 1.54) is 0 Å². The molecule has 3 nitrogen and oxygen atoms in total. The zero-order valence-corrected chi connectivity index (χ0v) is 6.86. The fourth-order valence-electron chi connectivity index (χ4n) is 1.41. The van der Waals surface area contributed by atoms with Gasteiger partial charge in [0.1, 0.15) is 0 Å². The van der Waals surface area contributed by atoms with Crippen molar-refractivity contribution in [1.82, 2.24) is 9.61 Å². The molecule has 0 atom stereocenters. The number of aliphatic hydroxyl groups excluding tert-OH is 1. The summed E-state index contributed by atoms with van der Waals surface area (Å²) in [5, 5.41) is 13.1. The zero-order chi connectivity index (χ0) is 8.55. The van der Waals surface area contributed by atoms with Gasteiger partial charge in [-0.05, 0) is 18.6 Å². The second kappa shape index (κ2) is 2.60. The first-order chi connectivity index (χ1) is 5.83. The van der Waals surface area contributed by atoms with E-state index < -0.39 is 0 Å². The predicted octanol–water partition coefficient (Wildman–Crippen LogP) is 1.14. The van der Waals surface area contributed by atoms with Crippen molar-refractivity contribution >= 4 is 5.52 Å². The van der Waals surface area contributed by atoms with Gasteiger partial charge in [0.05, 0.1) is 18.3 Å². The summed E-state index contributed by atoms with van der Waals surface area (Å²) >= 11 is 0. The molecule has 62 valence electrons. The monoisotopic (exact) mass is 162 g/mol. The van der Waals surface area contributed by atoms with Crippen LogP contribution in [0.2, 0.25) is 0 Å². The Morgan fingerprint density at radius 2 is 2.42 bits per heavy atom. The molecule has 0 bridgehead atoms. The van der Waals surface area contributed by atoms with Crippen molar-refractivity contribution in [2.45, 2.75) is 13.5 Å². The Morgan fingerprint density at radius 3 is 3.17 bits per heavy atom. The van der Waals surface area contributed by atoms with Gasteiger partial charge in [-0.2, -0.15) is 5.10 Å². The third kappa shape index (κ3) is 0.905. The van der Waals surface area contributed by atoms with Crippen LogP contribution in [0.5, 0.6) is 0 Å². The molecule has 0 aliphatic carbocycles. The Labute approximate surface area is 70.3 Å². The third-order valence-corrected chi connectivity index (χ3v) is 1.99. The fraction of sp³-hybridized carbons (Fsp3) is 0.222. The summed E-state index contributed by atoms with van der Waals surface area (Å²) in [6.45, 7) is 2.06. The van der Waals surface area contributed by atoms with Crippen molar-refractivity contribution in [3.8, 4) is 0 Å². The minimum absolute atomic E-state index is 0.0500. The molecule has 0 saturated carbocycles. The van der Waals surface area contributed by atoms with E-state index in [4.69, 9.17) is 5.11 Å². The first-order valence-electron chi connectivity index (χ1n) is 3.85. The molecule has 2 aromatic rings. The van der Waals surface area contributed by atoms with Crippen LogP contribution in [0, 0.1) is 6.92 Å². The highest BCUT2D eigenvalue weighted by Crippen LogP contribution is 2.14. The summed E-state index contributed by atoms with van der Waals surface area (Å²) < 4.78 is 1.78. The van der Waals surface area contributed by atoms with Gasteiger partial charge in [-0.15, -0.1) is 0 Å². The molecule has 1 N–H and O–H groups in total. The molecule has 3 heteroatoms. The van der Waals surface area contributed by atoms with E-state index in [9.17, 15) is 0 Å². The fourth-order valence-corrected chi connectivity index (χ4v) is 1.41. The molecule has 0 spiro atoms. The largest absolute Gasteiger partial charge is 0.392 e. The molecule has 0 fully saturated rings. The van der Waals surface area contributed by atoms with E-state index in [1.807, 2.05) is 25.3 Å². The predicted molar refractivity (Wildman–Crippen MR) is 45.9 cm³/mol. The van der Waals surface area contributed by atoms with Crippen molar-refractivity contribution in [2.75, 3.05) is 0 Å². The van der Waals surface area contributed by atoms with E-state index in [1.54, 1.807) is 10.7 Å². The standard InChI is InChI=1S/C9H10N2O/c1-7-3-2-4-11-9(7)8(6-12)5-10-11/h2-5,12H,6H2,1H3. The molecule has 12 heavy (non-hydrogen) atoms. The number of rotatable bonds is 1. The van der Waals surface area contributed by atoms with Gasteiger partial charge in [0.2, 0.25) is 0 Å². The molecule has 2 aromatic heterocycles. The van der Waals surface area contributed by atoms with Crippen LogP contribution in [0.1, 0.15) is 11.1 Å². The maximum absolute atomic E-state index is 9.00. The molecule has 0 saturated heterocycles. The highest BCUT2D eigenvalue weighted by molar-refractivity contribution is 5.59. The first kappa shape index (κ1) is 7.31. The number of fused-ring (bicyclic) bond motifs is 1. The highest BCUT2D eigenvalue weighted by Gasteiger charge is 2.03. The van der Waals surface area contributed by atoms with Crippen LogP contribution in [0.15, 0.2) is 24.5 Å². The van der Waals surface area contributed by atoms with Crippen molar-refractivity contribution in [3.63, 3.8) is 0 Å². The van der Waals surface area contributed by atoms with E-state index in [0.29, 0.717) is 0 Å². The molecular formula is C9H10N2O. The summed E-state index contributed by atoms with van der Waals surface area (Å²) in [6.07, 6.45) is 3.57. The van der Waals surface area contributed by atoms with Crippen LogP contribution in [0.25, 0.3) is 5.52 Å². The highest BCUT2D eigenvalue weighted by atomic mass is 16.3. The number of aromatic nitrogens is 2. The van der Waals surface area contributed by atoms with Gasteiger partial charge < -0.3 is 5.11 Å². The first-order valence-corrected chi connectivity index (χ1v) is 3.85. The lowest BCUT2D eigenvalue weighted by atomic mass is 10.2. The van der Waals surface area contributed by atoms with Gasteiger partial charge >= 0.3 is 0 Å². The number of nitrogens with zero attached hydrogens (tertiary/aromatic N) is 2. The number of hydrogen-bond donors (Lipinski definition) is 1. The Morgan fingerprint density at radius 1 is 1.58 bits per heavy atom. The summed E-state index contributed by atoms with van der Waals surface area (Å²) in [7, 11) is 0. The molecule has 2 rings (SSSR count). The average Bonchev–Trinajstić information content (AvgIpc) is 2.49. The quantitative estimate of drug-likeness (QED) is 0.682. The van der Waals surface area contributed by atoms with Gasteiger partial charge in [-0.3, -0.25) is 0 Å². The second-order valence-electron chi connectivity index (χ2n) is 2.81. The number of pyridine rings is 1. The summed E-state index contributed by atoms with van der Waals surface area (Å²) in [5.41, 5.74) is 3.03. The number of aryl methyl sites for hydroxylation is 1. The summed E-state index contributed by atoms with van der Waals surface area (Å²) in [6, 6.07) is 3.95. The normalized spacial score (nSPS) is 10.8. The van der Waals surface area contributed by atoms with Gasteiger partial charge in [0.15, 0.2) is 0 Å². The van der Waals surface area contributed by atoms with E-state index in [-0.39, 0.29) is 6.61 Å². The Kier molecular flexibility index (Phi) is 1.59. The molecule has 2 heterocycles. The van der Waals surface area contributed by atoms with Crippen LogP contribution < -0.4 is 0 Å². The molecule has 0 aliphatic rings. The third-order valence-electron chi connectivity index (χ3n) is 1.99. The van der Waals surface area contributed by atoms with Crippen LogP contribution >= 0.6 is 0 Å². The van der Waals surface area contributed by atoms with Gasteiger partial charge in [-0.25, -0.2) is 4.52 Å². The van der Waals surface area contributed by atoms with Gasteiger partial charge in [0.25, 0.3) is 0 Å². The Bertz CT molecular complexity index is 406.